The minimum atomic E-state index is -0.0925. The van der Waals surface area contributed by atoms with Crippen LogP contribution in [0.2, 0.25) is 0 Å². The third-order valence-electron chi connectivity index (χ3n) is 3.55. The molecule has 2 aromatic rings. The van der Waals surface area contributed by atoms with Gasteiger partial charge in [-0.3, -0.25) is 4.68 Å². The standard InChI is InChI=1S/C16H24N4O/c1-11(2)15-14(17)16(20(3)19-15)18-13(10-21)9-12-7-5-4-6-8-12/h4-8,11,13,18,21H,9-10,17H2,1-3H3. The quantitative estimate of drug-likeness (QED) is 0.761. The molecule has 2 rings (SSSR count). The van der Waals surface area contributed by atoms with E-state index >= 15 is 0 Å². The van der Waals surface area contributed by atoms with E-state index in [-0.39, 0.29) is 18.6 Å². The van der Waals surface area contributed by atoms with Gasteiger partial charge in [-0.25, -0.2) is 0 Å². The third kappa shape index (κ3) is 3.55. The molecule has 1 aromatic carbocycles. The monoisotopic (exact) mass is 288 g/mol. The summed E-state index contributed by atoms with van der Waals surface area (Å²) in [6.45, 7) is 4.17. The molecule has 21 heavy (non-hydrogen) atoms. The van der Waals surface area contributed by atoms with Gasteiger partial charge in [-0.15, -0.1) is 0 Å². The highest BCUT2D eigenvalue weighted by atomic mass is 16.3. The Morgan fingerprint density at radius 1 is 1.29 bits per heavy atom. The fourth-order valence-electron chi connectivity index (χ4n) is 2.41. The van der Waals surface area contributed by atoms with Crippen LogP contribution in [-0.2, 0) is 13.5 Å². The van der Waals surface area contributed by atoms with Gasteiger partial charge in [0.05, 0.1) is 24.0 Å². The second-order valence-corrected chi connectivity index (χ2v) is 5.64. The normalized spacial score (nSPS) is 12.6. The molecule has 0 amide bonds. The summed E-state index contributed by atoms with van der Waals surface area (Å²) in [5, 5.41) is 17.4. The molecule has 5 heteroatoms. The smallest absolute Gasteiger partial charge is 0.148 e. The molecule has 5 nitrogen and oxygen atoms in total. The highest BCUT2D eigenvalue weighted by Gasteiger charge is 2.18. The number of nitrogens with zero attached hydrogens (tertiary/aromatic N) is 2. The lowest BCUT2D eigenvalue weighted by Gasteiger charge is -2.18. The Bertz CT molecular complexity index is 577. The van der Waals surface area contributed by atoms with E-state index in [4.69, 9.17) is 5.73 Å². The summed E-state index contributed by atoms with van der Waals surface area (Å²) < 4.78 is 1.75. The summed E-state index contributed by atoms with van der Waals surface area (Å²) in [5.74, 6) is 1.04. The number of aryl methyl sites for hydroxylation is 1. The third-order valence-corrected chi connectivity index (χ3v) is 3.55. The van der Waals surface area contributed by atoms with Gasteiger partial charge in [-0.2, -0.15) is 5.10 Å². The number of anilines is 2. The van der Waals surface area contributed by atoms with Crippen LogP contribution in [0.4, 0.5) is 11.5 Å². The summed E-state index contributed by atoms with van der Waals surface area (Å²) in [7, 11) is 1.86. The molecule has 4 N–H and O–H groups in total. The molecule has 0 saturated heterocycles. The van der Waals surface area contributed by atoms with Crippen LogP contribution in [0.25, 0.3) is 0 Å². The Kier molecular flexibility index (Phi) is 4.85. The summed E-state index contributed by atoms with van der Waals surface area (Å²) in [6, 6.07) is 9.99. The predicted molar refractivity (Wildman–Crippen MR) is 86.4 cm³/mol. The largest absolute Gasteiger partial charge is 0.394 e. The number of hydrogen-bond acceptors (Lipinski definition) is 4. The first-order valence-corrected chi connectivity index (χ1v) is 7.26. The number of rotatable bonds is 6. The maximum atomic E-state index is 9.61. The summed E-state index contributed by atoms with van der Waals surface area (Å²) in [6.07, 6.45) is 0.735. The van der Waals surface area contributed by atoms with E-state index in [1.165, 1.54) is 5.56 Å². The van der Waals surface area contributed by atoms with Crippen molar-refractivity contribution in [3.05, 3.63) is 41.6 Å². The van der Waals surface area contributed by atoms with Crippen LogP contribution in [0, 0.1) is 0 Å². The lowest BCUT2D eigenvalue weighted by molar-refractivity contribution is 0.273. The van der Waals surface area contributed by atoms with Crippen LogP contribution in [-0.4, -0.2) is 27.5 Å². The zero-order valence-corrected chi connectivity index (χ0v) is 12.9. The van der Waals surface area contributed by atoms with Gasteiger partial charge in [0.25, 0.3) is 0 Å². The Morgan fingerprint density at radius 2 is 1.95 bits per heavy atom. The molecule has 114 valence electrons. The molecule has 0 bridgehead atoms. The van der Waals surface area contributed by atoms with Crippen molar-refractivity contribution in [2.24, 2.45) is 7.05 Å². The van der Waals surface area contributed by atoms with Crippen LogP contribution >= 0.6 is 0 Å². The molecule has 0 radical (unpaired) electrons. The summed E-state index contributed by atoms with van der Waals surface area (Å²) in [4.78, 5) is 0. The number of aromatic nitrogens is 2. The van der Waals surface area contributed by atoms with Crippen molar-refractivity contribution in [3.8, 4) is 0 Å². The van der Waals surface area contributed by atoms with Gasteiger partial charge in [0.2, 0.25) is 0 Å². The lowest BCUT2D eigenvalue weighted by atomic mass is 10.1. The van der Waals surface area contributed by atoms with E-state index in [9.17, 15) is 5.11 Å². The predicted octanol–water partition coefficient (Wildman–Crippen LogP) is 2.14. The van der Waals surface area contributed by atoms with Gasteiger partial charge in [-0.05, 0) is 17.9 Å². The maximum absolute atomic E-state index is 9.61. The number of nitrogen functional groups attached to an aromatic ring is 1. The van der Waals surface area contributed by atoms with Gasteiger partial charge in [0.1, 0.15) is 5.82 Å². The molecule has 0 saturated carbocycles. The topological polar surface area (TPSA) is 76.1 Å². The van der Waals surface area contributed by atoms with Crippen molar-refractivity contribution in [2.45, 2.75) is 32.2 Å². The van der Waals surface area contributed by atoms with Crippen molar-refractivity contribution in [1.82, 2.24) is 9.78 Å². The van der Waals surface area contributed by atoms with Gasteiger partial charge >= 0.3 is 0 Å². The van der Waals surface area contributed by atoms with Crippen molar-refractivity contribution < 1.29 is 5.11 Å². The van der Waals surface area contributed by atoms with Gasteiger partial charge in [0.15, 0.2) is 0 Å². The molecule has 1 heterocycles. The average Bonchev–Trinajstić information content (AvgIpc) is 2.75. The van der Waals surface area contributed by atoms with E-state index in [1.54, 1.807) is 4.68 Å². The van der Waals surface area contributed by atoms with Gasteiger partial charge in [-0.1, -0.05) is 44.2 Å². The van der Waals surface area contributed by atoms with Crippen LogP contribution in [0.1, 0.15) is 31.0 Å². The zero-order valence-electron chi connectivity index (χ0n) is 12.9. The molecular weight excluding hydrogens is 264 g/mol. The number of nitrogens with one attached hydrogen (secondary N) is 1. The summed E-state index contributed by atoms with van der Waals surface area (Å²) >= 11 is 0. The van der Waals surface area contributed by atoms with Gasteiger partial charge < -0.3 is 16.2 Å². The first kappa shape index (κ1) is 15.4. The van der Waals surface area contributed by atoms with E-state index in [1.807, 2.05) is 25.2 Å². The second kappa shape index (κ2) is 6.63. The maximum Gasteiger partial charge on any atom is 0.148 e. The Hall–Kier alpha value is -2.01. The van der Waals surface area contributed by atoms with E-state index in [0.29, 0.717) is 5.69 Å². The van der Waals surface area contributed by atoms with E-state index in [0.717, 1.165) is 17.9 Å². The number of nitrogens with two attached hydrogens (primary N) is 1. The molecule has 1 atom stereocenters. The Labute approximate surface area is 125 Å². The number of aliphatic hydroxyl groups is 1. The SMILES string of the molecule is CC(C)c1nn(C)c(NC(CO)Cc2ccccc2)c1N. The highest BCUT2D eigenvalue weighted by Crippen LogP contribution is 2.28. The van der Waals surface area contributed by atoms with Crippen molar-refractivity contribution in [3.63, 3.8) is 0 Å². The Morgan fingerprint density at radius 3 is 2.48 bits per heavy atom. The molecular formula is C16H24N4O. The molecule has 0 spiro atoms. The molecule has 0 aliphatic heterocycles. The van der Waals surface area contributed by atoms with Crippen LogP contribution in [0.15, 0.2) is 30.3 Å². The van der Waals surface area contributed by atoms with E-state index < -0.39 is 0 Å². The number of hydrogen-bond donors (Lipinski definition) is 3. The highest BCUT2D eigenvalue weighted by molar-refractivity contribution is 5.66. The van der Waals surface area contributed by atoms with Crippen molar-refractivity contribution >= 4 is 11.5 Å². The van der Waals surface area contributed by atoms with Gasteiger partial charge in [0, 0.05) is 7.05 Å². The van der Waals surface area contributed by atoms with E-state index in [2.05, 4.69) is 36.4 Å². The van der Waals surface area contributed by atoms with Crippen molar-refractivity contribution in [2.75, 3.05) is 17.7 Å². The minimum absolute atomic E-state index is 0.0382. The molecule has 1 aromatic heterocycles. The van der Waals surface area contributed by atoms with Crippen LogP contribution in [0.5, 0.6) is 0 Å². The first-order chi connectivity index (χ1) is 10.0. The zero-order chi connectivity index (χ0) is 15.4. The average molecular weight is 288 g/mol. The van der Waals surface area contributed by atoms with Crippen molar-refractivity contribution in [1.29, 1.82) is 0 Å². The minimum Gasteiger partial charge on any atom is -0.394 e. The lowest BCUT2D eigenvalue weighted by Crippen LogP contribution is -2.28. The fraction of sp³-hybridized carbons (Fsp3) is 0.438. The number of aliphatic hydroxyl groups excluding tert-OH is 1. The fourth-order valence-corrected chi connectivity index (χ4v) is 2.41. The second-order valence-electron chi connectivity index (χ2n) is 5.64. The number of benzene rings is 1. The Balaban J connectivity index is 2.15. The molecule has 0 aliphatic rings. The molecule has 0 fully saturated rings. The van der Waals surface area contributed by atoms with Crippen LogP contribution < -0.4 is 11.1 Å². The summed E-state index contributed by atoms with van der Waals surface area (Å²) in [5.41, 5.74) is 8.90. The molecule has 0 aliphatic carbocycles. The first-order valence-electron chi connectivity index (χ1n) is 7.26. The van der Waals surface area contributed by atoms with Crippen LogP contribution in [0.3, 0.4) is 0 Å². The molecule has 1 unspecified atom stereocenters.